The molecule has 0 aliphatic rings. The molecule has 0 saturated carbocycles. The van der Waals surface area contributed by atoms with Crippen molar-refractivity contribution in [2.45, 2.75) is 0 Å². The van der Waals surface area contributed by atoms with E-state index in [4.69, 9.17) is 11.1 Å². The Kier molecular flexibility index (Phi) is 3.85. The first-order chi connectivity index (χ1) is 9.02. The number of amidine groups is 1. The highest BCUT2D eigenvalue weighted by atomic mass is 79.9. The summed E-state index contributed by atoms with van der Waals surface area (Å²) >= 11 is 3.15. The first-order valence-electron chi connectivity index (χ1n) is 5.63. The lowest BCUT2D eigenvalue weighted by Gasteiger charge is -2.21. The Morgan fingerprint density at radius 3 is 2.42 bits per heavy atom. The van der Waals surface area contributed by atoms with E-state index in [-0.39, 0.29) is 10.3 Å². The van der Waals surface area contributed by atoms with Crippen LogP contribution in [0.25, 0.3) is 0 Å². The number of nitrogens with two attached hydrogens (primary N) is 1. The van der Waals surface area contributed by atoms with Gasteiger partial charge >= 0.3 is 0 Å². The van der Waals surface area contributed by atoms with Gasteiger partial charge in [0.25, 0.3) is 0 Å². The highest BCUT2D eigenvalue weighted by Crippen LogP contribution is 2.32. The van der Waals surface area contributed by atoms with Crippen LogP contribution in [-0.4, -0.2) is 12.9 Å². The molecule has 0 aliphatic carbocycles. The van der Waals surface area contributed by atoms with E-state index in [9.17, 15) is 4.39 Å². The molecule has 0 bridgehead atoms. The highest BCUT2D eigenvalue weighted by Gasteiger charge is 2.16. The molecule has 0 fully saturated rings. The minimum atomic E-state index is -0.431. The number of halogens is 2. The van der Waals surface area contributed by atoms with Crippen molar-refractivity contribution in [1.82, 2.24) is 0 Å². The summed E-state index contributed by atoms with van der Waals surface area (Å²) < 4.78 is 14.5. The van der Waals surface area contributed by atoms with E-state index in [1.807, 2.05) is 30.3 Å². The summed E-state index contributed by atoms with van der Waals surface area (Å²) in [5.41, 5.74) is 7.04. The summed E-state index contributed by atoms with van der Waals surface area (Å²) in [5, 5.41) is 7.38. The Hall–Kier alpha value is -1.88. The standard InChI is InChI=1S/C14H13BrFN3/c1-19(9-5-3-2-4-6-9)11-8-7-10(14(17)18)12(15)13(11)16/h2-8H,1H3,(H3,17,18). The lowest BCUT2D eigenvalue weighted by molar-refractivity contribution is 0.620. The minimum absolute atomic E-state index is 0.167. The molecule has 0 heterocycles. The van der Waals surface area contributed by atoms with Crippen molar-refractivity contribution < 1.29 is 4.39 Å². The van der Waals surface area contributed by atoms with Gasteiger partial charge in [-0.1, -0.05) is 18.2 Å². The zero-order valence-corrected chi connectivity index (χ0v) is 11.9. The fourth-order valence-corrected chi connectivity index (χ4v) is 2.35. The molecule has 0 saturated heterocycles. The maximum absolute atomic E-state index is 14.3. The number of nitrogen functional groups attached to an aromatic ring is 1. The van der Waals surface area contributed by atoms with Gasteiger partial charge in [-0.15, -0.1) is 0 Å². The molecule has 0 unspecified atom stereocenters. The molecule has 0 radical (unpaired) electrons. The van der Waals surface area contributed by atoms with Crippen LogP contribution in [0.5, 0.6) is 0 Å². The molecule has 0 aliphatic heterocycles. The normalized spacial score (nSPS) is 10.3. The van der Waals surface area contributed by atoms with Crippen LogP contribution in [0.1, 0.15) is 5.56 Å². The van der Waals surface area contributed by atoms with Crippen LogP contribution >= 0.6 is 15.9 Å². The third-order valence-corrected chi connectivity index (χ3v) is 3.63. The van der Waals surface area contributed by atoms with Gasteiger partial charge < -0.3 is 10.6 Å². The molecule has 2 aromatic rings. The van der Waals surface area contributed by atoms with Crippen LogP contribution in [0, 0.1) is 11.2 Å². The Morgan fingerprint density at radius 2 is 1.84 bits per heavy atom. The van der Waals surface area contributed by atoms with Crippen LogP contribution in [0.15, 0.2) is 46.9 Å². The van der Waals surface area contributed by atoms with Gasteiger partial charge in [0, 0.05) is 18.3 Å². The van der Waals surface area contributed by atoms with Crippen molar-refractivity contribution in [2.75, 3.05) is 11.9 Å². The van der Waals surface area contributed by atoms with Gasteiger partial charge in [0.15, 0.2) is 5.82 Å². The molecule has 19 heavy (non-hydrogen) atoms. The number of hydrogen-bond donors (Lipinski definition) is 2. The maximum atomic E-state index is 14.3. The molecule has 5 heteroatoms. The predicted octanol–water partition coefficient (Wildman–Crippen LogP) is 3.64. The van der Waals surface area contributed by atoms with E-state index in [1.54, 1.807) is 24.1 Å². The van der Waals surface area contributed by atoms with Gasteiger partial charge in [0.05, 0.1) is 10.2 Å². The van der Waals surface area contributed by atoms with E-state index in [0.717, 1.165) is 5.69 Å². The van der Waals surface area contributed by atoms with Crippen molar-refractivity contribution in [3.63, 3.8) is 0 Å². The van der Waals surface area contributed by atoms with Crippen molar-refractivity contribution in [3.05, 3.63) is 58.3 Å². The summed E-state index contributed by atoms with van der Waals surface area (Å²) in [4.78, 5) is 1.74. The summed E-state index contributed by atoms with van der Waals surface area (Å²) in [6, 6.07) is 12.7. The quantitative estimate of drug-likeness (QED) is 0.669. The van der Waals surface area contributed by atoms with E-state index in [1.165, 1.54) is 0 Å². The van der Waals surface area contributed by atoms with Gasteiger partial charge in [-0.25, -0.2) is 4.39 Å². The van der Waals surface area contributed by atoms with Crippen molar-refractivity contribution in [2.24, 2.45) is 5.73 Å². The Labute approximate surface area is 119 Å². The number of nitrogens with zero attached hydrogens (tertiary/aromatic N) is 1. The average Bonchev–Trinajstić information content (AvgIpc) is 2.41. The van der Waals surface area contributed by atoms with E-state index in [0.29, 0.717) is 11.3 Å². The smallest absolute Gasteiger partial charge is 0.161 e. The number of rotatable bonds is 3. The number of para-hydroxylation sites is 1. The molecule has 0 amide bonds. The largest absolute Gasteiger partial charge is 0.384 e. The van der Waals surface area contributed by atoms with Crippen LogP contribution in [0.4, 0.5) is 15.8 Å². The second-order valence-electron chi connectivity index (χ2n) is 4.07. The second kappa shape index (κ2) is 5.40. The van der Waals surface area contributed by atoms with Crippen LogP contribution < -0.4 is 10.6 Å². The van der Waals surface area contributed by atoms with Crippen molar-refractivity contribution in [1.29, 1.82) is 5.41 Å². The summed E-state index contributed by atoms with van der Waals surface area (Å²) in [5.74, 6) is -0.598. The Bertz CT molecular complexity index is 614. The van der Waals surface area contributed by atoms with Crippen LogP contribution in [-0.2, 0) is 0 Å². The number of anilines is 2. The number of benzene rings is 2. The number of hydrogen-bond acceptors (Lipinski definition) is 2. The topological polar surface area (TPSA) is 53.1 Å². The molecule has 0 spiro atoms. The molecule has 2 aromatic carbocycles. The first kappa shape index (κ1) is 13.5. The molecule has 3 nitrogen and oxygen atoms in total. The van der Waals surface area contributed by atoms with Gasteiger partial charge in [0.1, 0.15) is 5.84 Å². The van der Waals surface area contributed by atoms with Gasteiger partial charge in [-0.05, 0) is 40.2 Å². The monoisotopic (exact) mass is 321 g/mol. The predicted molar refractivity (Wildman–Crippen MR) is 79.6 cm³/mol. The molecular weight excluding hydrogens is 309 g/mol. The zero-order valence-electron chi connectivity index (χ0n) is 10.3. The molecule has 0 atom stereocenters. The summed E-state index contributed by atoms with van der Waals surface area (Å²) in [7, 11) is 1.79. The zero-order chi connectivity index (χ0) is 14.0. The highest BCUT2D eigenvalue weighted by molar-refractivity contribution is 9.10. The van der Waals surface area contributed by atoms with Gasteiger partial charge in [-0.3, -0.25) is 5.41 Å². The fraction of sp³-hybridized carbons (Fsp3) is 0.0714. The third-order valence-electron chi connectivity index (χ3n) is 2.86. The van der Waals surface area contributed by atoms with E-state index >= 15 is 0 Å². The summed E-state index contributed by atoms with van der Waals surface area (Å²) in [6.07, 6.45) is 0. The third kappa shape index (κ3) is 2.61. The van der Waals surface area contributed by atoms with E-state index in [2.05, 4.69) is 15.9 Å². The maximum Gasteiger partial charge on any atom is 0.161 e. The molecule has 2 rings (SSSR count). The van der Waals surface area contributed by atoms with Crippen LogP contribution in [0.3, 0.4) is 0 Å². The average molecular weight is 322 g/mol. The first-order valence-corrected chi connectivity index (χ1v) is 6.43. The molecule has 3 N–H and O–H groups in total. The van der Waals surface area contributed by atoms with Gasteiger partial charge in [0.2, 0.25) is 0 Å². The van der Waals surface area contributed by atoms with Crippen molar-refractivity contribution in [3.8, 4) is 0 Å². The molecule has 98 valence electrons. The van der Waals surface area contributed by atoms with E-state index < -0.39 is 5.82 Å². The Balaban J connectivity index is 2.47. The second-order valence-corrected chi connectivity index (χ2v) is 4.86. The lowest BCUT2D eigenvalue weighted by Crippen LogP contribution is -2.15. The Morgan fingerprint density at radius 1 is 1.21 bits per heavy atom. The SMILES string of the molecule is CN(c1ccccc1)c1ccc(C(=N)N)c(Br)c1F. The molecule has 0 aromatic heterocycles. The van der Waals surface area contributed by atoms with Gasteiger partial charge in [-0.2, -0.15) is 0 Å². The van der Waals surface area contributed by atoms with Crippen LogP contribution in [0.2, 0.25) is 0 Å². The number of nitrogens with one attached hydrogen (secondary N) is 1. The minimum Gasteiger partial charge on any atom is -0.384 e. The molecular formula is C14H13BrFN3. The lowest BCUT2D eigenvalue weighted by atomic mass is 10.1. The fourth-order valence-electron chi connectivity index (χ4n) is 1.80. The van der Waals surface area contributed by atoms with Crippen molar-refractivity contribution >= 4 is 33.1 Å². The summed E-state index contributed by atoms with van der Waals surface area (Å²) in [6.45, 7) is 0.